The van der Waals surface area contributed by atoms with E-state index < -0.39 is 134 Å². The lowest BCUT2D eigenvalue weighted by Crippen LogP contribution is -2.60. The number of rotatable bonds is 17. The van der Waals surface area contributed by atoms with Crippen LogP contribution < -0.4 is 47.1 Å². The number of methoxy groups -OCH3 is 1. The van der Waals surface area contributed by atoms with Gasteiger partial charge in [0.05, 0.1) is 42.2 Å². The summed E-state index contributed by atoms with van der Waals surface area (Å²) >= 11 is 1.05. The number of imide groups is 1. The minimum atomic E-state index is -3.58. The molecule has 1 unspecified atom stereocenters. The lowest BCUT2D eigenvalue weighted by atomic mass is 9.97. The Hall–Kier alpha value is -7.71. The van der Waals surface area contributed by atoms with Crippen LogP contribution in [0.25, 0.3) is 10.9 Å². The molecule has 4 heterocycles. The van der Waals surface area contributed by atoms with Gasteiger partial charge in [-0.15, -0.1) is 24.6 Å². The first kappa shape index (κ1) is 63.1. The highest BCUT2D eigenvalue weighted by Crippen LogP contribution is 2.36. The quantitative estimate of drug-likeness (QED) is 0.0291. The SMILES string of the molecule is C#Cc1c(SC[C@@H]2NCCNC(=O)[C@H]([C@@H](C)CC)NC(=O)CNC(=O)[C@H](C#C)NC(=O)[C@H]([C@@H](C)CC)NC(=O)[C@@H]3CCCN3C(=O)[C@H](CC(=O)OC)NC2=O)[nH]c2cc(O[PH](=O)O)c(CNC(=O)CCCN3C(=O)C=CC3=O)cc12. The van der Waals surface area contributed by atoms with Crippen molar-refractivity contribution in [3.05, 3.63) is 35.4 Å². The van der Waals surface area contributed by atoms with E-state index in [1.807, 2.05) is 0 Å². The van der Waals surface area contributed by atoms with Gasteiger partial charge in [-0.25, -0.2) is 4.57 Å². The fraction of sp³-hybridized carbons (Fsp3) is 0.519. The highest BCUT2D eigenvalue weighted by Gasteiger charge is 2.41. The Morgan fingerprint density at radius 2 is 1.56 bits per heavy atom. The van der Waals surface area contributed by atoms with E-state index in [4.69, 9.17) is 22.1 Å². The summed E-state index contributed by atoms with van der Waals surface area (Å²) in [7, 11) is -2.49. The molecule has 0 aliphatic carbocycles. The van der Waals surface area contributed by atoms with Crippen molar-refractivity contribution in [3.8, 4) is 30.4 Å². The van der Waals surface area contributed by atoms with Crippen LogP contribution in [0.4, 0.5) is 0 Å². The molecule has 432 valence electrons. The fourth-order valence-corrected chi connectivity index (χ4v) is 10.4. The van der Waals surface area contributed by atoms with E-state index >= 15 is 0 Å². The van der Waals surface area contributed by atoms with Gasteiger partial charge >= 0.3 is 14.2 Å². The Bertz CT molecular complexity index is 2850. The van der Waals surface area contributed by atoms with E-state index in [-0.39, 0.29) is 74.6 Å². The van der Waals surface area contributed by atoms with Gasteiger partial charge in [-0.1, -0.05) is 52.4 Å². The molecule has 0 radical (unpaired) electrons. The molecule has 9 atom stereocenters. The number of ether oxygens (including phenoxy) is 1. The number of thioether (sulfide) groups is 1. The molecule has 0 spiro atoms. The molecular formula is C52H68N11O15PS. The fourth-order valence-electron chi connectivity index (χ4n) is 8.88. The first-order valence-electron chi connectivity index (χ1n) is 26.0. The molecule has 28 heteroatoms. The summed E-state index contributed by atoms with van der Waals surface area (Å²) in [4.78, 5) is 162. The second kappa shape index (κ2) is 30.0. The predicted molar refractivity (Wildman–Crippen MR) is 290 cm³/mol. The van der Waals surface area contributed by atoms with Crippen molar-refractivity contribution in [2.24, 2.45) is 11.8 Å². The van der Waals surface area contributed by atoms with Gasteiger partial charge in [-0.2, -0.15) is 0 Å². The average molecular weight is 1150 g/mol. The molecule has 1 aromatic heterocycles. The molecule has 5 rings (SSSR count). The Labute approximate surface area is 466 Å². The van der Waals surface area contributed by atoms with Crippen molar-refractivity contribution in [1.29, 1.82) is 0 Å². The zero-order valence-corrected chi connectivity index (χ0v) is 46.8. The van der Waals surface area contributed by atoms with Crippen LogP contribution in [0, 0.1) is 36.5 Å². The van der Waals surface area contributed by atoms with Crippen LogP contribution in [0.2, 0.25) is 0 Å². The Balaban J connectivity index is 1.45. The molecule has 10 amide bonds. The van der Waals surface area contributed by atoms with Crippen LogP contribution in [0.1, 0.15) is 83.8 Å². The number of H-pyrrole nitrogens is 1. The molecule has 26 nitrogen and oxygen atoms in total. The Morgan fingerprint density at radius 3 is 2.20 bits per heavy atom. The zero-order chi connectivity index (χ0) is 58.8. The van der Waals surface area contributed by atoms with Crippen LogP contribution >= 0.6 is 20.0 Å². The largest absolute Gasteiger partial charge is 0.469 e. The van der Waals surface area contributed by atoms with Gasteiger partial charge in [0.15, 0.2) is 6.04 Å². The number of nitrogens with one attached hydrogen (secondary N) is 9. The van der Waals surface area contributed by atoms with E-state index in [1.165, 1.54) is 11.0 Å². The minimum absolute atomic E-state index is 0.0154. The van der Waals surface area contributed by atoms with Crippen molar-refractivity contribution in [2.45, 2.75) is 120 Å². The third-order valence-corrected chi connectivity index (χ3v) is 15.3. The summed E-state index contributed by atoms with van der Waals surface area (Å²) in [5.74, 6) is -4.09. The van der Waals surface area contributed by atoms with E-state index in [0.29, 0.717) is 35.2 Å². The second-order valence-electron chi connectivity index (χ2n) is 19.2. The van der Waals surface area contributed by atoms with Gasteiger partial charge in [0.2, 0.25) is 41.4 Å². The smallest absolute Gasteiger partial charge is 0.365 e. The summed E-state index contributed by atoms with van der Waals surface area (Å²) in [6.45, 7) is 6.00. The summed E-state index contributed by atoms with van der Waals surface area (Å²) in [6.07, 6.45) is 14.7. The van der Waals surface area contributed by atoms with Gasteiger partial charge in [0.1, 0.15) is 29.9 Å². The number of hydrogen-bond donors (Lipinski definition) is 10. The molecule has 1 aromatic carbocycles. The van der Waals surface area contributed by atoms with Crippen molar-refractivity contribution in [1.82, 2.24) is 57.3 Å². The lowest BCUT2D eigenvalue weighted by molar-refractivity contribution is -0.147. The summed E-state index contributed by atoms with van der Waals surface area (Å²) in [5, 5.41) is 22.1. The van der Waals surface area contributed by atoms with E-state index in [1.54, 1.807) is 33.8 Å². The van der Waals surface area contributed by atoms with Crippen LogP contribution in [0.3, 0.4) is 0 Å². The highest BCUT2D eigenvalue weighted by atomic mass is 32.2. The third kappa shape index (κ3) is 16.9. The number of fused-ring (bicyclic) bond motifs is 2. The number of aromatic nitrogens is 1. The second-order valence-corrected chi connectivity index (χ2v) is 20.9. The number of benzene rings is 1. The first-order valence-corrected chi connectivity index (χ1v) is 28.2. The number of carbonyl (C=O) groups excluding carboxylic acids is 11. The minimum Gasteiger partial charge on any atom is -0.469 e. The molecular weight excluding hydrogens is 1080 g/mol. The summed E-state index contributed by atoms with van der Waals surface area (Å²) in [6, 6.07) is -4.97. The Morgan fingerprint density at radius 1 is 0.875 bits per heavy atom. The van der Waals surface area contributed by atoms with Crippen LogP contribution in [-0.2, 0) is 68.6 Å². The predicted octanol–water partition coefficient (Wildman–Crippen LogP) is -1.25. The molecule has 80 heavy (non-hydrogen) atoms. The van der Waals surface area contributed by atoms with Gasteiger partial charge in [0, 0.05) is 74.1 Å². The number of carbonyl (C=O) groups is 11. The maximum absolute atomic E-state index is 14.6. The average Bonchev–Trinajstić information content (AvgIpc) is 4.19. The molecule has 3 aliphatic heterocycles. The first-order chi connectivity index (χ1) is 38.1. The number of esters is 1. The normalized spacial score (nSPS) is 23.2. The van der Waals surface area contributed by atoms with E-state index in [9.17, 15) is 62.2 Å². The number of aromatic amines is 1. The zero-order valence-electron chi connectivity index (χ0n) is 44.9. The van der Waals surface area contributed by atoms with E-state index in [2.05, 4.69) is 59.4 Å². The molecule has 10 N–H and O–H groups in total. The lowest BCUT2D eigenvalue weighted by Gasteiger charge is -2.31. The van der Waals surface area contributed by atoms with Crippen LogP contribution in [0.5, 0.6) is 5.75 Å². The van der Waals surface area contributed by atoms with Crippen LogP contribution in [0.15, 0.2) is 29.3 Å². The maximum Gasteiger partial charge on any atom is 0.365 e. The molecule has 0 saturated carbocycles. The molecule has 2 saturated heterocycles. The highest BCUT2D eigenvalue weighted by molar-refractivity contribution is 7.99. The third-order valence-electron chi connectivity index (χ3n) is 13.8. The van der Waals surface area contributed by atoms with Crippen molar-refractivity contribution in [2.75, 3.05) is 45.6 Å². The van der Waals surface area contributed by atoms with Gasteiger partial charge in [-0.3, -0.25) is 57.6 Å². The molecule has 3 aliphatic rings. The number of amides is 10. The maximum atomic E-state index is 14.6. The van der Waals surface area contributed by atoms with Crippen molar-refractivity contribution < 1.29 is 71.5 Å². The Kier molecular flexibility index (Phi) is 23.7. The van der Waals surface area contributed by atoms with Crippen LogP contribution in [-0.4, -0.2) is 167 Å². The topological polar surface area (TPSA) is 362 Å². The molecule has 2 aromatic rings. The number of terminal acetylenes is 2. The van der Waals surface area contributed by atoms with E-state index in [0.717, 1.165) is 35.9 Å². The van der Waals surface area contributed by atoms with Gasteiger partial charge in [-0.05, 0) is 37.2 Å². The standard InChI is InChI=1S/C52H68N11O15PS/c1-8-28(5)44-49(72)54-19-18-53-36(27-80-51-31(10-3)32-22-30(38(78-79(75)76)23-34(32)59-51)25-55-39(64)15-13-21-63-41(66)16-17-42(63)67)47(70)58-35(24-43(68)77-7)52(74)62-20-12-14-37(62)48(71)61-45(29(6)9-2)50(73)57-33(11-4)46(69)56-26-40(65)60-44/h3-4,16-17,22-23,28-29,33,35-37,44-45,53,59,79H,8-9,12-15,18-21,24-27H2,1-2,5-7H3,(H,54,72)(H,55,64)(H,56,69)(H,57,73)(H,58,70)(H,60,65)(H,61,71)(H,75,76)/t28-,29-,33-,35-,36-,37-,44-,45-/m0/s1. The van der Waals surface area contributed by atoms with Gasteiger partial charge in [0.25, 0.3) is 17.7 Å². The van der Waals surface area contributed by atoms with Gasteiger partial charge < -0.3 is 66.6 Å². The van der Waals surface area contributed by atoms with Crippen molar-refractivity contribution >= 4 is 96.0 Å². The monoisotopic (exact) mass is 1150 g/mol. The van der Waals surface area contributed by atoms with Crippen molar-refractivity contribution in [3.63, 3.8) is 0 Å². The summed E-state index contributed by atoms with van der Waals surface area (Å²) < 4.78 is 22.2. The number of nitrogens with zero attached hydrogens (tertiary/aromatic N) is 2. The number of hydrogen-bond acceptors (Lipinski definition) is 16. The molecule has 2 fully saturated rings. The summed E-state index contributed by atoms with van der Waals surface area (Å²) in [5.41, 5.74) is 0.877. The molecule has 0 bridgehead atoms.